The third kappa shape index (κ3) is 39.9. The molecule has 1 rings (SSSR count). The molecule has 1 aromatic carbocycles. The van der Waals surface area contributed by atoms with Crippen LogP contribution in [0.25, 0.3) is 0 Å². The average Bonchev–Trinajstić information content (AvgIpc) is 3.37. The van der Waals surface area contributed by atoms with Crippen LogP contribution in [0.4, 0.5) is 0 Å². The fourth-order valence-corrected chi connectivity index (χ4v) is 19.6. The van der Waals surface area contributed by atoms with E-state index in [9.17, 15) is 9.59 Å². The molecule has 0 heterocycles. The number of benzene rings is 1. The van der Waals surface area contributed by atoms with Crippen LogP contribution in [0, 0.1) is 0 Å². The lowest BCUT2D eigenvalue weighted by Crippen LogP contribution is -2.23. The predicted molar refractivity (Wildman–Crippen MR) is 326 cm³/mol. The molecular formula is C62H118O4S4. The summed E-state index contributed by atoms with van der Waals surface area (Å²) in [6.45, 7) is 13.8. The Balaban J connectivity index is 2.79. The van der Waals surface area contributed by atoms with Crippen molar-refractivity contribution in [3.8, 4) is 0 Å². The van der Waals surface area contributed by atoms with Gasteiger partial charge in [-0.25, -0.2) is 29.4 Å². The van der Waals surface area contributed by atoms with Crippen LogP contribution in [-0.2, 0) is 9.47 Å². The summed E-state index contributed by atoms with van der Waals surface area (Å²) in [5, 5.41) is 0. The second-order valence-corrected chi connectivity index (χ2v) is 30.6. The van der Waals surface area contributed by atoms with E-state index in [-0.39, 0.29) is 44.0 Å². The molecule has 0 aliphatic rings. The second-order valence-electron chi connectivity index (χ2n) is 20.9. The molecule has 8 heteroatoms. The van der Waals surface area contributed by atoms with Crippen molar-refractivity contribution in [1.29, 1.82) is 0 Å². The van der Waals surface area contributed by atoms with E-state index in [1.54, 1.807) is 12.1 Å². The Morgan fingerprint density at radius 2 is 0.614 bits per heavy atom. The average molecular weight is 1060 g/mol. The third-order valence-electron chi connectivity index (χ3n) is 14.1. The van der Waals surface area contributed by atoms with Crippen LogP contribution in [0.1, 0.15) is 319 Å². The lowest BCUT2D eigenvalue weighted by Gasteiger charge is -2.21. The monoisotopic (exact) mass is 1050 g/mol. The summed E-state index contributed by atoms with van der Waals surface area (Å²) in [5.41, 5.74) is 0.734. The van der Waals surface area contributed by atoms with E-state index in [1.807, 2.05) is 12.1 Å². The summed E-state index contributed by atoms with van der Waals surface area (Å²) in [5.74, 6) is 7.83. The van der Waals surface area contributed by atoms with Gasteiger partial charge in [-0.2, -0.15) is 0 Å². The van der Waals surface area contributed by atoms with Crippen LogP contribution in [0.3, 0.4) is 0 Å². The van der Waals surface area contributed by atoms with Gasteiger partial charge in [-0.1, -0.05) is 221 Å². The number of ether oxygens (including phenoxy) is 2. The molecule has 0 spiro atoms. The number of carbonyl (C=O) groups is 2. The molecule has 414 valence electrons. The zero-order chi connectivity index (χ0) is 50.8. The minimum absolute atomic E-state index is 0.108. The molecule has 0 aliphatic carbocycles. The molecule has 0 saturated heterocycles. The molecule has 0 aromatic heterocycles. The molecule has 0 aliphatic heterocycles. The zero-order valence-corrected chi connectivity index (χ0v) is 50.8. The fraction of sp³-hybridized carbons (Fsp3) is 0.871. The Bertz CT molecular complexity index is 1190. The molecule has 0 amide bonds. The van der Waals surface area contributed by atoms with Gasteiger partial charge in [0.2, 0.25) is 0 Å². The van der Waals surface area contributed by atoms with Crippen LogP contribution in [0.15, 0.2) is 24.3 Å². The molecule has 4 nitrogen and oxygen atoms in total. The number of unbranched alkanes of at least 4 members (excludes halogenated alkanes) is 28. The van der Waals surface area contributed by atoms with Crippen LogP contribution in [0.5, 0.6) is 0 Å². The highest BCUT2D eigenvalue weighted by atomic mass is 33.1. The van der Waals surface area contributed by atoms with Crippen LogP contribution in [0.2, 0.25) is 0 Å². The van der Waals surface area contributed by atoms with Crippen molar-refractivity contribution < 1.29 is 19.1 Å². The Morgan fingerprint density at radius 1 is 0.357 bits per heavy atom. The van der Waals surface area contributed by atoms with Gasteiger partial charge in [0.25, 0.3) is 0 Å². The first-order valence-corrected chi connectivity index (χ1v) is 37.3. The number of carbonyl (C=O) groups excluding carboxylic acids is 2. The van der Waals surface area contributed by atoms with Crippen molar-refractivity contribution >= 4 is 53.4 Å². The first kappa shape index (κ1) is 67.6. The number of hydrogen-bond acceptors (Lipinski definition) is 6. The minimum atomic E-state index is -0.358. The van der Waals surface area contributed by atoms with Crippen molar-refractivity contribution in [2.24, 2.45) is 0 Å². The van der Waals surface area contributed by atoms with Crippen molar-refractivity contribution in [2.75, 3.05) is 34.5 Å². The van der Waals surface area contributed by atoms with Gasteiger partial charge in [-0.3, -0.25) is 0 Å². The van der Waals surface area contributed by atoms with Gasteiger partial charge in [0.05, 0.1) is 11.1 Å². The Labute approximate surface area is 450 Å². The van der Waals surface area contributed by atoms with E-state index in [0.29, 0.717) is 11.1 Å². The van der Waals surface area contributed by atoms with E-state index in [1.165, 1.54) is 240 Å². The summed E-state index contributed by atoms with van der Waals surface area (Å²) in [6.07, 6.45) is 49.7. The van der Waals surface area contributed by atoms with Crippen molar-refractivity contribution in [3.05, 3.63) is 35.4 Å². The molecule has 0 radical (unpaired) electrons. The van der Waals surface area contributed by atoms with Crippen molar-refractivity contribution in [3.63, 3.8) is 0 Å². The largest absolute Gasteiger partial charge is 0.459 e. The lowest BCUT2D eigenvalue weighted by molar-refractivity contribution is 0.0201. The van der Waals surface area contributed by atoms with E-state index in [0.717, 1.165) is 51.4 Å². The molecular weight excluding hydrogens is 937 g/mol. The summed E-state index contributed by atoms with van der Waals surface area (Å²) < 4.78 is 12.7. The first-order valence-electron chi connectivity index (χ1n) is 30.7. The van der Waals surface area contributed by atoms with E-state index in [2.05, 4.69) is 63.1 Å². The topological polar surface area (TPSA) is 52.6 Å². The molecule has 0 bridgehead atoms. The molecule has 0 saturated carbocycles. The van der Waals surface area contributed by atoms with Gasteiger partial charge < -0.3 is 9.47 Å². The van der Waals surface area contributed by atoms with Gasteiger partial charge in [0, 0.05) is 11.5 Å². The highest BCUT2D eigenvalue weighted by molar-refractivity contribution is 8.85. The smallest absolute Gasteiger partial charge is 0.339 e. The van der Waals surface area contributed by atoms with Gasteiger partial charge in [0.15, 0.2) is 0 Å². The van der Waals surface area contributed by atoms with E-state index in [4.69, 9.17) is 9.47 Å². The Hall–Kier alpha value is -0.440. The number of hydrogen-bond donors (Lipinski definition) is 2. The maximum atomic E-state index is 14.0. The Kier molecular flexibility index (Phi) is 50.2. The van der Waals surface area contributed by atoms with Crippen molar-refractivity contribution in [2.45, 2.75) is 311 Å². The normalized spacial score (nSPS) is 13.9. The summed E-state index contributed by atoms with van der Waals surface area (Å²) in [4.78, 5) is 28.1. The molecule has 0 fully saturated rings. The van der Waals surface area contributed by atoms with Crippen LogP contribution < -0.4 is 0 Å². The van der Waals surface area contributed by atoms with Gasteiger partial charge in [-0.15, -0.1) is 21.6 Å². The predicted octanol–water partition coefficient (Wildman–Crippen LogP) is 21.8. The van der Waals surface area contributed by atoms with E-state index >= 15 is 0 Å². The highest BCUT2D eigenvalue weighted by Crippen LogP contribution is 2.43. The van der Waals surface area contributed by atoms with Crippen LogP contribution in [-0.4, -0.2) is 58.7 Å². The summed E-state index contributed by atoms with van der Waals surface area (Å²) in [6, 6.07) is 7.29. The first-order chi connectivity index (χ1) is 34.4. The fourth-order valence-electron chi connectivity index (χ4n) is 9.37. The van der Waals surface area contributed by atoms with Gasteiger partial charge in [0.1, 0.15) is 12.2 Å². The molecule has 0 N–H and O–H groups in total. The number of thiol groups is 2. The summed E-state index contributed by atoms with van der Waals surface area (Å²) >= 11 is 0. The van der Waals surface area contributed by atoms with Gasteiger partial charge >= 0.3 is 11.9 Å². The molecule has 1 aromatic rings. The molecule has 4 unspecified atom stereocenters. The quantitative estimate of drug-likeness (QED) is 0.0293. The molecule has 70 heavy (non-hydrogen) atoms. The second kappa shape index (κ2) is 52.0. The minimum Gasteiger partial charge on any atom is -0.459 e. The number of esters is 2. The number of rotatable bonds is 54. The lowest BCUT2D eigenvalue weighted by atomic mass is 10.0. The molecule has 4 atom stereocenters. The van der Waals surface area contributed by atoms with Crippen molar-refractivity contribution in [1.82, 2.24) is 0 Å². The Morgan fingerprint density at radius 3 is 0.914 bits per heavy atom. The maximum Gasteiger partial charge on any atom is 0.339 e. The van der Waals surface area contributed by atoms with Crippen LogP contribution >= 0.6 is 41.4 Å². The third-order valence-corrected chi connectivity index (χ3v) is 24.5. The van der Waals surface area contributed by atoms with Gasteiger partial charge in [-0.05, 0) is 125 Å². The summed E-state index contributed by atoms with van der Waals surface area (Å²) in [7, 11) is 4.95. The maximum absolute atomic E-state index is 14.0. The highest BCUT2D eigenvalue weighted by Gasteiger charge is 2.24. The van der Waals surface area contributed by atoms with E-state index < -0.39 is 0 Å². The SMILES string of the molecule is CCCCCCCCCC(CCCCCCCCC[SH](CCCC)SCCCC)OC(=O)c1ccccc1C(=O)OC(CCCCCCCCC)CCCCCCCCC[SH](CCCC)SCCCC. The zero-order valence-electron chi connectivity index (χ0n) is 47.3. The standard InChI is InChI=1S/C62H118O4S4/c1-7-13-19-21-25-31-37-45-57(47-39-33-27-23-29-35-43-55-69(53-17-11-5)67-51-15-9-3)65-61(63)59-49-41-42-50-60(59)62(64)66-58(46-38-32-26-22-20-14-8-2)48-40-34-28-24-30-36-44-56-70(54-18-12-6)68-52-16-10-4/h41-42,49-50,57-58,69-70H,7-40,43-48,51-56H2,1-6H3.